The van der Waals surface area contributed by atoms with Gasteiger partial charge in [-0.05, 0) is 48.5 Å². The molecule has 0 aliphatic heterocycles. The average molecular weight is 427 g/mol. The lowest BCUT2D eigenvalue weighted by Gasteiger charge is -2.12. The summed E-state index contributed by atoms with van der Waals surface area (Å²) >= 11 is 0. The van der Waals surface area contributed by atoms with E-state index in [2.05, 4.69) is 15.0 Å². The Morgan fingerprint density at radius 3 is 2.48 bits per heavy atom. The number of carbonyl (C=O) groups is 1. The van der Waals surface area contributed by atoms with Crippen LogP contribution in [0.15, 0.2) is 79.1 Å². The van der Waals surface area contributed by atoms with E-state index in [1.54, 1.807) is 24.3 Å². The van der Waals surface area contributed by atoms with Crippen molar-refractivity contribution >= 4 is 17.2 Å². The molecule has 2 aromatic carbocycles. The summed E-state index contributed by atoms with van der Waals surface area (Å²) in [5, 5.41) is 2.63. The minimum absolute atomic E-state index is 0.162. The van der Waals surface area contributed by atoms with E-state index in [0.717, 1.165) is 17.8 Å². The highest BCUT2D eigenvalue weighted by Gasteiger charge is 2.31. The molecule has 158 valence electrons. The monoisotopic (exact) mass is 427 g/mol. The van der Waals surface area contributed by atoms with Gasteiger partial charge in [0.05, 0.1) is 11.3 Å². The van der Waals surface area contributed by atoms with Gasteiger partial charge >= 0.3 is 6.36 Å². The molecule has 1 N–H and O–H groups in total. The molecule has 1 amide bonds. The van der Waals surface area contributed by atoms with E-state index in [4.69, 9.17) is 4.74 Å². The van der Waals surface area contributed by atoms with Crippen molar-refractivity contribution in [2.75, 3.05) is 5.32 Å². The Labute approximate surface area is 174 Å². The fraction of sp³-hybridized carbons (Fsp3) is 0.0909. The van der Waals surface area contributed by atoms with Gasteiger partial charge < -0.3 is 19.2 Å². The van der Waals surface area contributed by atoms with Crippen molar-refractivity contribution in [3.8, 4) is 11.5 Å². The Kier molecular flexibility index (Phi) is 5.48. The van der Waals surface area contributed by atoms with Gasteiger partial charge in [-0.25, -0.2) is 4.98 Å². The third kappa shape index (κ3) is 5.13. The smallest absolute Gasteiger partial charge is 0.486 e. The second kappa shape index (κ2) is 8.39. The predicted octanol–water partition coefficient (Wildman–Crippen LogP) is 5.06. The lowest BCUT2D eigenvalue weighted by molar-refractivity contribution is -0.274. The zero-order chi connectivity index (χ0) is 21.8. The maximum Gasteiger partial charge on any atom is 0.573 e. The number of ether oxygens (including phenoxy) is 2. The first kappa shape index (κ1) is 20.3. The summed E-state index contributed by atoms with van der Waals surface area (Å²) < 4.78 is 48.3. The Balaban J connectivity index is 1.44. The molecule has 0 atom stereocenters. The number of nitrogens with one attached hydrogen (secondary N) is 1. The van der Waals surface area contributed by atoms with Crippen LogP contribution in [0, 0.1) is 0 Å². The van der Waals surface area contributed by atoms with Crippen molar-refractivity contribution in [3.05, 3.63) is 90.4 Å². The van der Waals surface area contributed by atoms with E-state index in [9.17, 15) is 18.0 Å². The van der Waals surface area contributed by atoms with Gasteiger partial charge in [0.15, 0.2) is 0 Å². The van der Waals surface area contributed by atoms with E-state index in [1.807, 2.05) is 35.0 Å². The number of para-hydroxylation sites is 1. The van der Waals surface area contributed by atoms with E-state index in [1.165, 1.54) is 12.1 Å². The van der Waals surface area contributed by atoms with Gasteiger partial charge in [0.2, 0.25) is 0 Å². The average Bonchev–Trinajstić information content (AvgIpc) is 3.16. The number of amides is 1. The first-order valence-electron chi connectivity index (χ1n) is 9.19. The number of pyridine rings is 1. The van der Waals surface area contributed by atoms with Crippen LogP contribution in [0.2, 0.25) is 0 Å². The first-order valence-corrected chi connectivity index (χ1v) is 9.19. The summed E-state index contributed by atoms with van der Waals surface area (Å²) in [5.41, 5.74) is 2.07. The molecule has 31 heavy (non-hydrogen) atoms. The predicted molar refractivity (Wildman–Crippen MR) is 107 cm³/mol. The number of aromatic nitrogens is 2. The largest absolute Gasteiger partial charge is 0.573 e. The molecule has 6 nitrogen and oxygen atoms in total. The normalized spacial score (nSPS) is 11.3. The van der Waals surface area contributed by atoms with Crippen LogP contribution in [-0.4, -0.2) is 21.7 Å². The van der Waals surface area contributed by atoms with Crippen LogP contribution in [-0.2, 0) is 6.61 Å². The van der Waals surface area contributed by atoms with Gasteiger partial charge in [0.1, 0.15) is 23.8 Å². The number of hydrogen-bond acceptors (Lipinski definition) is 4. The van der Waals surface area contributed by atoms with Crippen LogP contribution in [0.5, 0.6) is 11.5 Å². The second-order valence-corrected chi connectivity index (χ2v) is 6.51. The van der Waals surface area contributed by atoms with Gasteiger partial charge in [0.25, 0.3) is 5.91 Å². The van der Waals surface area contributed by atoms with Crippen molar-refractivity contribution in [2.45, 2.75) is 13.0 Å². The molecular formula is C22H16F3N3O3. The molecule has 0 fully saturated rings. The van der Waals surface area contributed by atoms with E-state index >= 15 is 0 Å². The number of fused-ring (bicyclic) bond motifs is 1. The lowest BCUT2D eigenvalue weighted by atomic mass is 10.2. The van der Waals surface area contributed by atoms with Crippen LogP contribution in [0.25, 0.3) is 5.65 Å². The highest BCUT2D eigenvalue weighted by molar-refractivity contribution is 6.06. The van der Waals surface area contributed by atoms with Gasteiger partial charge in [0, 0.05) is 18.1 Å². The van der Waals surface area contributed by atoms with Crippen LogP contribution in [0.3, 0.4) is 0 Å². The standard InChI is InChI=1S/C22H16F3N3O3/c23-22(24,25)31-17-10-8-15(9-11-17)27-21(29)18-5-1-2-6-19(18)30-14-16-13-28-12-4-3-7-20(28)26-16/h1-13H,14H2,(H,27,29). The first-order chi connectivity index (χ1) is 14.9. The number of benzene rings is 2. The fourth-order valence-corrected chi connectivity index (χ4v) is 2.93. The molecule has 0 aliphatic carbocycles. The van der Waals surface area contributed by atoms with Crippen molar-refractivity contribution in [3.63, 3.8) is 0 Å². The van der Waals surface area contributed by atoms with Crippen molar-refractivity contribution < 1.29 is 27.4 Å². The van der Waals surface area contributed by atoms with Crippen molar-refractivity contribution in [2.24, 2.45) is 0 Å². The number of carbonyl (C=O) groups excluding carboxylic acids is 1. The molecular weight excluding hydrogens is 411 g/mol. The summed E-state index contributed by atoms with van der Waals surface area (Å²) in [4.78, 5) is 17.1. The number of alkyl halides is 3. The zero-order valence-electron chi connectivity index (χ0n) is 16.0. The minimum atomic E-state index is -4.78. The Bertz CT molecular complexity index is 1170. The molecule has 0 saturated heterocycles. The number of anilines is 1. The summed E-state index contributed by atoms with van der Waals surface area (Å²) in [7, 11) is 0. The molecule has 0 bridgehead atoms. The van der Waals surface area contributed by atoms with Crippen LogP contribution >= 0.6 is 0 Å². The highest BCUT2D eigenvalue weighted by Crippen LogP contribution is 2.25. The second-order valence-electron chi connectivity index (χ2n) is 6.51. The van der Waals surface area contributed by atoms with Gasteiger partial charge in [-0.15, -0.1) is 13.2 Å². The van der Waals surface area contributed by atoms with Crippen molar-refractivity contribution in [1.29, 1.82) is 0 Å². The summed E-state index contributed by atoms with van der Waals surface area (Å²) in [6.07, 6.45) is -1.07. The van der Waals surface area contributed by atoms with E-state index < -0.39 is 12.3 Å². The third-order valence-corrected chi connectivity index (χ3v) is 4.27. The molecule has 0 spiro atoms. The van der Waals surface area contributed by atoms with Crippen LogP contribution < -0.4 is 14.8 Å². The maximum absolute atomic E-state index is 12.7. The molecule has 2 heterocycles. The van der Waals surface area contributed by atoms with Gasteiger partial charge in [-0.1, -0.05) is 18.2 Å². The number of rotatable bonds is 6. The molecule has 4 rings (SSSR count). The molecule has 0 aliphatic rings. The number of nitrogens with zero attached hydrogens (tertiary/aromatic N) is 2. The molecule has 2 aromatic heterocycles. The number of imidazole rings is 1. The maximum atomic E-state index is 12.7. The highest BCUT2D eigenvalue weighted by atomic mass is 19.4. The van der Waals surface area contributed by atoms with E-state index in [0.29, 0.717) is 17.1 Å². The van der Waals surface area contributed by atoms with Crippen LogP contribution in [0.1, 0.15) is 16.1 Å². The fourth-order valence-electron chi connectivity index (χ4n) is 2.93. The Hall–Kier alpha value is -4.01. The molecule has 0 unspecified atom stereocenters. The Morgan fingerprint density at radius 2 is 1.74 bits per heavy atom. The Morgan fingerprint density at radius 1 is 1.00 bits per heavy atom. The molecule has 0 saturated carbocycles. The molecule has 4 aromatic rings. The van der Waals surface area contributed by atoms with Gasteiger partial charge in [-0.2, -0.15) is 0 Å². The topological polar surface area (TPSA) is 64.9 Å². The molecule has 0 radical (unpaired) electrons. The van der Waals surface area contributed by atoms with E-state index in [-0.39, 0.29) is 17.9 Å². The quantitative estimate of drug-likeness (QED) is 0.467. The van der Waals surface area contributed by atoms with Crippen LogP contribution in [0.4, 0.5) is 18.9 Å². The summed E-state index contributed by atoms with van der Waals surface area (Å²) in [6, 6.07) is 17.2. The lowest BCUT2D eigenvalue weighted by Crippen LogP contribution is -2.17. The van der Waals surface area contributed by atoms with Crippen molar-refractivity contribution in [1.82, 2.24) is 9.38 Å². The minimum Gasteiger partial charge on any atom is -0.486 e. The zero-order valence-corrected chi connectivity index (χ0v) is 16.0. The number of halogens is 3. The molecule has 9 heteroatoms. The van der Waals surface area contributed by atoms with Gasteiger partial charge in [-0.3, -0.25) is 4.79 Å². The third-order valence-electron chi connectivity index (χ3n) is 4.27. The number of hydrogen-bond donors (Lipinski definition) is 1. The SMILES string of the molecule is O=C(Nc1ccc(OC(F)(F)F)cc1)c1ccccc1OCc1cn2ccccc2n1. The summed E-state index contributed by atoms with van der Waals surface area (Å²) in [6.45, 7) is 0.162. The summed E-state index contributed by atoms with van der Waals surface area (Å²) in [5.74, 6) is -0.481.